The summed E-state index contributed by atoms with van der Waals surface area (Å²) in [5.41, 5.74) is 1.07. The minimum atomic E-state index is -0.298. The third-order valence-electron chi connectivity index (χ3n) is 6.88. The van der Waals surface area contributed by atoms with E-state index in [0.717, 1.165) is 29.7 Å². The first-order valence-corrected chi connectivity index (χ1v) is 11.2. The summed E-state index contributed by atoms with van der Waals surface area (Å²) in [6, 6.07) is 5.22. The largest absolute Gasteiger partial charge is 0.251 e. The molecule has 0 N–H and O–H groups in total. The zero-order chi connectivity index (χ0) is 19.1. The van der Waals surface area contributed by atoms with Crippen molar-refractivity contribution < 1.29 is 8.78 Å². The van der Waals surface area contributed by atoms with Crippen molar-refractivity contribution in [1.82, 2.24) is 0 Å². The fourth-order valence-electron chi connectivity index (χ4n) is 5.17. The highest BCUT2D eigenvalue weighted by molar-refractivity contribution is 6.30. The van der Waals surface area contributed by atoms with Crippen molar-refractivity contribution in [3.05, 3.63) is 46.8 Å². The average molecular weight is 395 g/mol. The fourth-order valence-corrected chi connectivity index (χ4v) is 5.29. The van der Waals surface area contributed by atoms with Gasteiger partial charge in [-0.1, -0.05) is 42.7 Å². The number of allylic oxidation sites excluding steroid dienone is 2. The van der Waals surface area contributed by atoms with Gasteiger partial charge in [-0.3, -0.25) is 4.39 Å². The Labute approximate surface area is 168 Å². The summed E-state index contributed by atoms with van der Waals surface area (Å²) in [4.78, 5) is 0. The van der Waals surface area contributed by atoms with Gasteiger partial charge in [0.2, 0.25) is 0 Å². The highest BCUT2D eigenvalue weighted by atomic mass is 35.5. The Balaban J connectivity index is 1.36. The van der Waals surface area contributed by atoms with Crippen LogP contribution in [0.25, 0.3) is 0 Å². The van der Waals surface area contributed by atoms with E-state index in [1.54, 1.807) is 12.1 Å². The molecule has 1 aromatic carbocycles. The van der Waals surface area contributed by atoms with Gasteiger partial charge in [0.15, 0.2) is 0 Å². The van der Waals surface area contributed by atoms with Crippen molar-refractivity contribution in [2.24, 2.45) is 23.7 Å². The third-order valence-corrected chi connectivity index (χ3v) is 7.19. The highest BCUT2D eigenvalue weighted by Gasteiger charge is 2.30. The van der Waals surface area contributed by atoms with Gasteiger partial charge in [-0.15, -0.1) is 0 Å². The van der Waals surface area contributed by atoms with Crippen LogP contribution in [0.4, 0.5) is 8.78 Å². The molecule has 2 fully saturated rings. The van der Waals surface area contributed by atoms with E-state index in [9.17, 15) is 8.78 Å². The molecule has 1 aromatic rings. The zero-order valence-corrected chi connectivity index (χ0v) is 17.1. The molecular weight excluding hydrogens is 362 g/mol. The fraction of sp³-hybridized carbons (Fsp3) is 0.667. The topological polar surface area (TPSA) is 0 Å². The zero-order valence-electron chi connectivity index (χ0n) is 16.3. The highest BCUT2D eigenvalue weighted by Crippen LogP contribution is 2.42. The molecule has 0 amide bonds. The Morgan fingerprint density at radius 2 is 1.63 bits per heavy atom. The maximum absolute atomic E-state index is 13.6. The van der Waals surface area contributed by atoms with Gasteiger partial charge in [0.1, 0.15) is 5.82 Å². The van der Waals surface area contributed by atoms with Crippen LogP contribution in [-0.2, 0) is 6.42 Å². The predicted molar refractivity (Wildman–Crippen MR) is 110 cm³/mol. The van der Waals surface area contributed by atoms with E-state index in [4.69, 9.17) is 11.6 Å². The second kappa shape index (κ2) is 10.6. The molecule has 0 bridgehead atoms. The minimum absolute atomic E-state index is 0.215. The van der Waals surface area contributed by atoms with E-state index in [2.05, 4.69) is 6.08 Å². The van der Waals surface area contributed by atoms with Crippen LogP contribution in [0.15, 0.2) is 30.4 Å². The summed E-state index contributed by atoms with van der Waals surface area (Å²) < 4.78 is 25.8. The number of alkyl halides is 1. The second-order valence-electron chi connectivity index (χ2n) is 8.65. The predicted octanol–water partition coefficient (Wildman–Crippen LogP) is 7.94. The van der Waals surface area contributed by atoms with Crippen LogP contribution in [0.2, 0.25) is 5.02 Å². The van der Waals surface area contributed by atoms with Gasteiger partial charge in [0.05, 0.1) is 11.7 Å². The van der Waals surface area contributed by atoms with Gasteiger partial charge in [-0.2, -0.15) is 0 Å². The van der Waals surface area contributed by atoms with E-state index >= 15 is 0 Å². The lowest BCUT2D eigenvalue weighted by molar-refractivity contribution is 0.152. The molecule has 0 radical (unpaired) electrons. The standard InChI is InChI=1S/C24H33ClF2/c25-23-15-10-20(17-24(23)27)5-4-19-8-13-22(14-9-19)21-11-6-18(7-12-21)3-1-2-16-26/h1,3,10,15,17-19,21-22H,2,4-9,11-14,16H2/t18-,19-,21-,22-. The Kier molecular flexibility index (Phi) is 8.18. The number of hydrogen-bond acceptors (Lipinski definition) is 0. The summed E-state index contributed by atoms with van der Waals surface area (Å²) >= 11 is 5.77. The molecule has 0 aliphatic heterocycles. The van der Waals surface area contributed by atoms with Crippen LogP contribution in [0.5, 0.6) is 0 Å². The first-order chi connectivity index (χ1) is 13.2. The summed E-state index contributed by atoms with van der Waals surface area (Å²) in [6.07, 6.45) is 17.7. The van der Waals surface area contributed by atoms with E-state index in [1.165, 1.54) is 57.8 Å². The maximum atomic E-state index is 13.6. The first kappa shape index (κ1) is 20.8. The molecule has 0 unspecified atom stereocenters. The van der Waals surface area contributed by atoms with Crippen molar-refractivity contribution in [2.45, 2.75) is 70.6 Å². The third kappa shape index (κ3) is 6.31. The average Bonchev–Trinajstić information content (AvgIpc) is 2.70. The lowest BCUT2D eigenvalue weighted by Gasteiger charge is -2.37. The molecule has 3 rings (SSSR count). The molecule has 2 saturated carbocycles. The summed E-state index contributed by atoms with van der Waals surface area (Å²) in [6.45, 7) is -0.234. The number of hydrogen-bond donors (Lipinski definition) is 0. The Hall–Kier alpha value is -0.890. The molecule has 0 nitrogen and oxygen atoms in total. The summed E-state index contributed by atoms with van der Waals surface area (Å²) in [5, 5.41) is 0.215. The quantitative estimate of drug-likeness (QED) is 0.411. The molecule has 0 spiro atoms. The SMILES string of the molecule is FCCC=C[C@H]1CC[C@H]([C@H]2CC[C@H](CCc3ccc(Cl)c(F)c3)CC2)CC1. The molecule has 150 valence electrons. The number of benzene rings is 1. The molecular formula is C24H33ClF2. The van der Waals surface area contributed by atoms with Gasteiger partial charge >= 0.3 is 0 Å². The van der Waals surface area contributed by atoms with Crippen molar-refractivity contribution in [2.75, 3.05) is 6.67 Å². The van der Waals surface area contributed by atoms with Gasteiger partial charge < -0.3 is 0 Å². The van der Waals surface area contributed by atoms with Crippen LogP contribution in [-0.4, -0.2) is 6.67 Å². The molecule has 3 heteroatoms. The molecule has 2 aliphatic carbocycles. The van der Waals surface area contributed by atoms with Gasteiger partial charge in [-0.25, -0.2) is 4.39 Å². The number of halogens is 3. The van der Waals surface area contributed by atoms with Gasteiger partial charge in [-0.05, 0) is 99.2 Å². The van der Waals surface area contributed by atoms with E-state index in [-0.39, 0.29) is 17.5 Å². The Morgan fingerprint density at radius 1 is 0.963 bits per heavy atom. The van der Waals surface area contributed by atoms with Crippen LogP contribution in [0.1, 0.15) is 69.8 Å². The van der Waals surface area contributed by atoms with E-state index in [0.29, 0.717) is 12.3 Å². The first-order valence-electron chi connectivity index (χ1n) is 10.8. The number of rotatable bonds is 7. The lowest BCUT2D eigenvalue weighted by Crippen LogP contribution is -2.25. The summed E-state index contributed by atoms with van der Waals surface area (Å²) in [5.74, 6) is 2.99. The molecule has 2 aliphatic rings. The van der Waals surface area contributed by atoms with Gasteiger partial charge in [0, 0.05) is 0 Å². The number of aryl methyl sites for hydroxylation is 1. The second-order valence-corrected chi connectivity index (χ2v) is 9.06. The van der Waals surface area contributed by atoms with E-state index in [1.807, 2.05) is 12.1 Å². The lowest BCUT2D eigenvalue weighted by atomic mass is 9.68. The van der Waals surface area contributed by atoms with Crippen LogP contribution < -0.4 is 0 Å². The molecule has 27 heavy (non-hydrogen) atoms. The van der Waals surface area contributed by atoms with Crippen molar-refractivity contribution in [3.63, 3.8) is 0 Å². The Morgan fingerprint density at radius 3 is 2.26 bits per heavy atom. The van der Waals surface area contributed by atoms with Crippen molar-refractivity contribution >= 4 is 11.6 Å². The normalized spacial score (nSPS) is 29.3. The molecule has 0 atom stereocenters. The molecule has 0 aromatic heterocycles. The maximum Gasteiger partial charge on any atom is 0.142 e. The van der Waals surface area contributed by atoms with Crippen LogP contribution in [0, 0.1) is 29.5 Å². The van der Waals surface area contributed by atoms with Crippen molar-refractivity contribution in [1.29, 1.82) is 0 Å². The van der Waals surface area contributed by atoms with Crippen LogP contribution in [0.3, 0.4) is 0 Å². The molecule has 0 saturated heterocycles. The monoisotopic (exact) mass is 394 g/mol. The van der Waals surface area contributed by atoms with Gasteiger partial charge in [0.25, 0.3) is 0 Å². The van der Waals surface area contributed by atoms with Crippen LogP contribution >= 0.6 is 11.6 Å². The smallest absolute Gasteiger partial charge is 0.142 e. The Bertz CT molecular complexity index is 596. The molecule has 0 heterocycles. The minimum Gasteiger partial charge on any atom is -0.251 e. The van der Waals surface area contributed by atoms with E-state index < -0.39 is 0 Å². The summed E-state index contributed by atoms with van der Waals surface area (Å²) in [7, 11) is 0. The van der Waals surface area contributed by atoms with Crippen molar-refractivity contribution in [3.8, 4) is 0 Å².